The molecule has 0 radical (unpaired) electrons. The second-order valence-corrected chi connectivity index (χ2v) is 8.00. The van der Waals surface area contributed by atoms with Gasteiger partial charge in [-0.25, -0.2) is 0 Å². The van der Waals surface area contributed by atoms with Crippen molar-refractivity contribution < 1.29 is 9.53 Å². The molecule has 130 valence electrons. The summed E-state index contributed by atoms with van der Waals surface area (Å²) in [6, 6.07) is 11.8. The maximum atomic E-state index is 12.7. The molecule has 3 rings (SSSR count). The van der Waals surface area contributed by atoms with Crippen LogP contribution in [0.4, 0.5) is 0 Å². The zero-order chi connectivity index (χ0) is 18.0. The van der Waals surface area contributed by atoms with E-state index in [1.165, 1.54) is 11.1 Å². The van der Waals surface area contributed by atoms with E-state index in [9.17, 15) is 4.79 Å². The number of amides is 1. The minimum absolute atomic E-state index is 0.212. The molecule has 0 atom stereocenters. The quantitative estimate of drug-likeness (QED) is 0.538. The number of fused-ring (bicyclic) bond motifs is 1. The van der Waals surface area contributed by atoms with Crippen molar-refractivity contribution in [3.63, 3.8) is 0 Å². The van der Waals surface area contributed by atoms with Crippen molar-refractivity contribution in [2.24, 2.45) is 4.99 Å². The molecule has 0 aliphatic rings. The molecule has 0 spiro atoms. The van der Waals surface area contributed by atoms with Gasteiger partial charge in [0, 0.05) is 17.2 Å². The fourth-order valence-corrected chi connectivity index (χ4v) is 4.34. The zero-order valence-electron chi connectivity index (χ0n) is 14.4. The number of thiazole rings is 1. The van der Waals surface area contributed by atoms with Crippen LogP contribution in [0, 0.1) is 17.4 Å². The second-order valence-electron chi connectivity index (χ2n) is 5.83. The Labute approximate surface area is 164 Å². The summed E-state index contributed by atoms with van der Waals surface area (Å²) in [5, 5.41) is 0. The molecule has 0 saturated heterocycles. The minimum Gasteiger partial charge on any atom is -0.383 e. The summed E-state index contributed by atoms with van der Waals surface area (Å²) in [6.45, 7) is 5.43. The number of halogens is 1. The molecule has 0 fully saturated rings. The van der Waals surface area contributed by atoms with E-state index in [0.717, 1.165) is 13.8 Å². The standard InChI is InChI=1S/C19H19IN2O2S/c1-12-10-16-17(11-13(12)2)25-19(22(16)8-9-24-3)21-18(23)14-6-4-5-7-15(14)20/h4-7,10-11H,8-9H2,1-3H3. The molecule has 0 aliphatic carbocycles. The number of benzene rings is 2. The van der Waals surface area contributed by atoms with Crippen molar-refractivity contribution in [3.05, 3.63) is 61.5 Å². The van der Waals surface area contributed by atoms with Crippen LogP contribution in [-0.2, 0) is 11.3 Å². The number of hydrogen-bond donors (Lipinski definition) is 0. The van der Waals surface area contributed by atoms with E-state index in [1.54, 1.807) is 18.4 Å². The SMILES string of the molecule is COCCn1c(=NC(=O)c2ccccc2I)sc2cc(C)c(C)cc21. The molecule has 6 heteroatoms. The van der Waals surface area contributed by atoms with E-state index in [-0.39, 0.29) is 5.91 Å². The van der Waals surface area contributed by atoms with Gasteiger partial charge in [-0.15, -0.1) is 0 Å². The number of nitrogens with zero attached hydrogens (tertiary/aromatic N) is 2. The first-order valence-corrected chi connectivity index (χ1v) is 9.84. The third-order valence-electron chi connectivity index (χ3n) is 4.12. The lowest BCUT2D eigenvalue weighted by Gasteiger charge is -2.06. The predicted molar refractivity (Wildman–Crippen MR) is 110 cm³/mol. The fraction of sp³-hybridized carbons (Fsp3) is 0.263. The van der Waals surface area contributed by atoms with Crippen LogP contribution in [0.15, 0.2) is 41.4 Å². The van der Waals surface area contributed by atoms with Crippen molar-refractivity contribution in [2.45, 2.75) is 20.4 Å². The molecule has 0 bridgehead atoms. The van der Waals surface area contributed by atoms with E-state index < -0.39 is 0 Å². The predicted octanol–water partition coefficient (Wildman–Crippen LogP) is 4.31. The van der Waals surface area contributed by atoms with Gasteiger partial charge in [0.05, 0.1) is 22.4 Å². The molecular formula is C19H19IN2O2S. The molecule has 1 heterocycles. The summed E-state index contributed by atoms with van der Waals surface area (Å²) in [4.78, 5) is 17.8. The van der Waals surface area contributed by atoms with Crippen LogP contribution in [0.3, 0.4) is 0 Å². The number of aryl methyl sites for hydroxylation is 2. The molecule has 3 aromatic rings. The number of methoxy groups -OCH3 is 1. The Balaban J connectivity index is 2.17. The van der Waals surface area contributed by atoms with E-state index in [0.29, 0.717) is 23.5 Å². The Morgan fingerprint density at radius 3 is 2.68 bits per heavy atom. The summed E-state index contributed by atoms with van der Waals surface area (Å²) >= 11 is 3.71. The van der Waals surface area contributed by atoms with Crippen LogP contribution >= 0.6 is 33.9 Å². The second kappa shape index (κ2) is 7.80. The number of rotatable bonds is 4. The van der Waals surface area contributed by atoms with Crippen molar-refractivity contribution in [1.82, 2.24) is 4.57 Å². The Morgan fingerprint density at radius 2 is 1.96 bits per heavy atom. The lowest BCUT2D eigenvalue weighted by atomic mass is 10.1. The van der Waals surface area contributed by atoms with Gasteiger partial charge in [0.25, 0.3) is 5.91 Å². The van der Waals surface area contributed by atoms with Gasteiger partial charge < -0.3 is 9.30 Å². The zero-order valence-corrected chi connectivity index (χ0v) is 17.3. The fourth-order valence-electron chi connectivity index (χ4n) is 2.59. The average Bonchev–Trinajstić information content (AvgIpc) is 2.90. The van der Waals surface area contributed by atoms with Crippen LogP contribution in [0.2, 0.25) is 0 Å². The van der Waals surface area contributed by atoms with Gasteiger partial charge in [0.1, 0.15) is 0 Å². The number of ether oxygens (including phenoxy) is 1. The Bertz CT molecular complexity index is 1000. The first-order chi connectivity index (χ1) is 12.0. The molecule has 1 amide bonds. The van der Waals surface area contributed by atoms with Gasteiger partial charge in [0.2, 0.25) is 0 Å². The van der Waals surface area contributed by atoms with E-state index in [2.05, 4.69) is 58.1 Å². The highest BCUT2D eigenvalue weighted by Crippen LogP contribution is 2.22. The summed E-state index contributed by atoms with van der Waals surface area (Å²) < 4.78 is 9.35. The van der Waals surface area contributed by atoms with E-state index in [1.807, 2.05) is 24.3 Å². The summed E-state index contributed by atoms with van der Waals surface area (Å²) in [5.41, 5.74) is 4.20. The van der Waals surface area contributed by atoms with Gasteiger partial charge in [-0.2, -0.15) is 4.99 Å². The molecule has 0 aliphatic heterocycles. The normalized spacial score (nSPS) is 12.1. The van der Waals surface area contributed by atoms with Crippen molar-refractivity contribution >= 4 is 50.1 Å². The molecule has 1 aromatic heterocycles. The molecule has 4 nitrogen and oxygen atoms in total. The maximum absolute atomic E-state index is 12.7. The number of carbonyl (C=O) groups is 1. The first-order valence-electron chi connectivity index (χ1n) is 7.94. The summed E-state index contributed by atoms with van der Waals surface area (Å²) in [5.74, 6) is -0.212. The van der Waals surface area contributed by atoms with Crippen molar-refractivity contribution in [2.75, 3.05) is 13.7 Å². The first kappa shape index (κ1) is 18.3. The molecule has 0 unspecified atom stereocenters. The monoisotopic (exact) mass is 466 g/mol. The lowest BCUT2D eigenvalue weighted by molar-refractivity contribution is 0.0996. The Hall–Kier alpha value is -1.51. The molecular weight excluding hydrogens is 447 g/mol. The van der Waals surface area contributed by atoms with Gasteiger partial charge in [-0.3, -0.25) is 4.79 Å². The molecule has 0 saturated carbocycles. The van der Waals surface area contributed by atoms with Gasteiger partial charge in [-0.1, -0.05) is 23.5 Å². The molecule has 25 heavy (non-hydrogen) atoms. The number of aromatic nitrogens is 1. The average molecular weight is 466 g/mol. The Kier molecular flexibility index (Phi) is 5.71. The highest BCUT2D eigenvalue weighted by atomic mass is 127. The highest BCUT2D eigenvalue weighted by Gasteiger charge is 2.12. The molecule has 2 aromatic carbocycles. The van der Waals surface area contributed by atoms with Crippen molar-refractivity contribution in [1.29, 1.82) is 0 Å². The van der Waals surface area contributed by atoms with Crippen LogP contribution in [-0.4, -0.2) is 24.2 Å². The van der Waals surface area contributed by atoms with Crippen LogP contribution in [0.5, 0.6) is 0 Å². The van der Waals surface area contributed by atoms with E-state index in [4.69, 9.17) is 4.74 Å². The number of carbonyl (C=O) groups excluding carboxylic acids is 1. The summed E-state index contributed by atoms with van der Waals surface area (Å²) in [6.07, 6.45) is 0. The third kappa shape index (κ3) is 3.86. The van der Waals surface area contributed by atoms with Crippen LogP contribution in [0.25, 0.3) is 10.2 Å². The van der Waals surface area contributed by atoms with Gasteiger partial charge >= 0.3 is 0 Å². The minimum atomic E-state index is -0.212. The smallest absolute Gasteiger partial charge is 0.280 e. The Morgan fingerprint density at radius 1 is 1.24 bits per heavy atom. The lowest BCUT2D eigenvalue weighted by Crippen LogP contribution is -2.19. The van der Waals surface area contributed by atoms with Crippen LogP contribution in [0.1, 0.15) is 21.5 Å². The number of hydrogen-bond acceptors (Lipinski definition) is 3. The molecule has 0 N–H and O–H groups in total. The third-order valence-corrected chi connectivity index (χ3v) is 6.10. The highest BCUT2D eigenvalue weighted by molar-refractivity contribution is 14.1. The largest absolute Gasteiger partial charge is 0.383 e. The van der Waals surface area contributed by atoms with Gasteiger partial charge in [0.15, 0.2) is 4.80 Å². The van der Waals surface area contributed by atoms with Crippen LogP contribution < -0.4 is 4.80 Å². The van der Waals surface area contributed by atoms with Crippen molar-refractivity contribution in [3.8, 4) is 0 Å². The topological polar surface area (TPSA) is 43.6 Å². The maximum Gasteiger partial charge on any atom is 0.280 e. The summed E-state index contributed by atoms with van der Waals surface area (Å²) in [7, 11) is 1.68. The van der Waals surface area contributed by atoms with E-state index >= 15 is 0 Å². The van der Waals surface area contributed by atoms with Gasteiger partial charge in [-0.05, 0) is 71.8 Å².